The zero-order valence-corrected chi connectivity index (χ0v) is 16.5. The van der Waals surface area contributed by atoms with Crippen molar-refractivity contribution in [3.8, 4) is 5.75 Å². The Labute approximate surface area is 161 Å². The van der Waals surface area contributed by atoms with Gasteiger partial charge >= 0.3 is 0 Å². The number of ether oxygens (including phenoxy) is 1. The van der Waals surface area contributed by atoms with Crippen LogP contribution in [0.15, 0.2) is 36.4 Å². The van der Waals surface area contributed by atoms with E-state index < -0.39 is 6.10 Å². The number of hydrogen-bond acceptors (Lipinski definition) is 3. The molecule has 1 aliphatic heterocycles. The van der Waals surface area contributed by atoms with Crippen molar-refractivity contribution in [2.45, 2.75) is 26.9 Å². The van der Waals surface area contributed by atoms with Gasteiger partial charge in [-0.15, -0.1) is 0 Å². The second-order valence-electron chi connectivity index (χ2n) is 7.61. The van der Waals surface area contributed by atoms with E-state index in [1.807, 2.05) is 26.0 Å². The molecule has 146 valence electrons. The van der Waals surface area contributed by atoms with Gasteiger partial charge < -0.3 is 19.6 Å². The minimum absolute atomic E-state index is 0.204. The Hall–Kier alpha value is -2.11. The van der Waals surface area contributed by atoms with Crippen LogP contribution < -0.4 is 14.5 Å². The predicted octanol–water partition coefficient (Wildman–Crippen LogP) is 1.90. The third-order valence-corrected chi connectivity index (χ3v) is 5.21. The van der Waals surface area contributed by atoms with Crippen LogP contribution in [-0.2, 0) is 0 Å². The summed E-state index contributed by atoms with van der Waals surface area (Å²) in [5, 5.41) is 10.4. The predicted molar refractivity (Wildman–Crippen MR) is 106 cm³/mol. The average Bonchev–Trinajstić information content (AvgIpc) is 2.62. The molecule has 1 fully saturated rings. The van der Waals surface area contributed by atoms with Gasteiger partial charge in [0.15, 0.2) is 0 Å². The van der Waals surface area contributed by atoms with Crippen molar-refractivity contribution in [2.75, 3.05) is 44.2 Å². The van der Waals surface area contributed by atoms with E-state index in [0.29, 0.717) is 13.2 Å². The topological polar surface area (TPSA) is 37.1 Å². The molecule has 0 aromatic heterocycles. The molecule has 5 heteroatoms. The second-order valence-corrected chi connectivity index (χ2v) is 7.61. The largest absolute Gasteiger partial charge is 0.490 e. The van der Waals surface area contributed by atoms with Crippen molar-refractivity contribution >= 4 is 5.69 Å². The molecule has 1 saturated heterocycles. The average molecular weight is 373 g/mol. The first-order valence-corrected chi connectivity index (χ1v) is 9.65. The number of hydrogen-bond donors (Lipinski definition) is 2. The quantitative estimate of drug-likeness (QED) is 0.812. The third kappa shape index (κ3) is 5.21. The van der Waals surface area contributed by atoms with Crippen LogP contribution in [-0.4, -0.2) is 50.5 Å². The summed E-state index contributed by atoms with van der Waals surface area (Å²) < 4.78 is 19.0. The van der Waals surface area contributed by atoms with E-state index in [1.165, 1.54) is 22.6 Å². The fourth-order valence-corrected chi connectivity index (χ4v) is 3.90. The van der Waals surface area contributed by atoms with Gasteiger partial charge in [0.25, 0.3) is 0 Å². The summed E-state index contributed by atoms with van der Waals surface area (Å²) in [5.41, 5.74) is 4.51. The number of halogens is 1. The Kier molecular flexibility index (Phi) is 6.34. The summed E-state index contributed by atoms with van der Waals surface area (Å²) in [6.45, 7) is 10.9. The molecule has 4 nitrogen and oxygen atoms in total. The zero-order valence-electron chi connectivity index (χ0n) is 16.5. The molecule has 1 heterocycles. The zero-order chi connectivity index (χ0) is 19.4. The van der Waals surface area contributed by atoms with E-state index in [2.05, 4.69) is 24.0 Å². The maximum atomic E-state index is 13.1. The van der Waals surface area contributed by atoms with Gasteiger partial charge in [-0.3, -0.25) is 0 Å². The van der Waals surface area contributed by atoms with Gasteiger partial charge in [-0.25, -0.2) is 4.39 Å². The number of benzene rings is 2. The van der Waals surface area contributed by atoms with Crippen molar-refractivity contribution in [3.63, 3.8) is 0 Å². The van der Waals surface area contributed by atoms with E-state index in [1.54, 1.807) is 0 Å². The number of aryl methyl sites for hydroxylation is 3. The molecule has 1 atom stereocenters. The molecule has 3 rings (SSSR count). The molecule has 0 aliphatic carbocycles. The molecular weight excluding hydrogens is 343 g/mol. The van der Waals surface area contributed by atoms with Crippen molar-refractivity contribution in [1.82, 2.24) is 0 Å². The second kappa shape index (κ2) is 8.72. The third-order valence-electron chi connectivity index (χ3n) is 5.21. The maximum absolute atomic E-state index is 13.1. The smallest absolute Gasteiger partial charge is 0.137 e. The lowest BCUT2D eigenvalue weighted by atomic mass is 10.1. The highest BCUT2D eigenvalue weighted by atomic mass is 19.1. The molecule has 0 radical (unpaired) electrons. The summed E-state index contributed by atoms with van der Waals surface area (Å²) in [6.07, 6.45) is -0.488. The van der Waals surface area contributed by atoms with Crippen molar-refractivity contribution in [3.05, 3.63) is 58.9 Å². The Bertz CT molecular complexity index is 732. The van der Waals surface area contributed by atoms with Gasteiger partial charge in [-0.2, -0.15) is 0 Å². The number of aliphatic hydroxyl groups is 1. The normalized spacial score (nSPS) is 16.4. The number of aliphatic hydroxyl groups excluding tert-OH is 1. The molecule has 1 aliphatic rings. The Morgan fingerprint density at radius 1 is 1.07 bits per heavy atom. The molecule has 27 heavy (non-hydrogen) atoms. The van der Waals surface area contributed by atoms with Crippen LogP contribution in [0.2, 0.25) is 0 Å². The molecule has 0 saturated carbocycles. The van der Waals surface area contributed by atoms with Gasteiger partial charge in [0, 0.05) is 5.69 Å². The van der Waals surface area contributed by atoms with E-state index >= 15 is 0 Å². The molecule has 2 aromatic carbocycles. The van der Waals surface area contributed by atoms with E-state index in [4.69, 9.17) is 4.74 Å². The maximum Gasteiger partial charge on any atom is 0.137 e. The minimum atomic E-state index is -0.488. The van der Waals surface area contributed by atoms with Crippen LogP contribution in [0, 0.1) is 26.6 Å². The molecular formula is C22H30FN2O2+. The number of anilines is 1. The monoisotopic (exact) mass is 373 g/mol. The minimum Gasteiger partial charge on any atom is -0.490 e. The first-order valence-electron chi connectivity index (χ1n) is 9.65. The molecule has 0 amide bonds. The Balaban J connectivity index is 1.46. The highest BCUT2D eigenvalue weighted by Crippen LogP contribution is 2.24. The lowest BCUT2D eigenvalue weighted by Crippen LogP contribution is -3.16. The summed E-state index contributed by atoms with van der Waals surface area (Å²) in [7, 11) is 0. The first-order chi connectivity index (χ1) is 12.9. The molecule has 0 spiro atoms. The van der Waals surface area contributed by atoms with Crippen LogP contribution in [0.5, 0.6) is 5.75 Å². The van der Waals surface area contributed by atoms with Gasteiger partial charge in [-0.05, 0) is 56.2 Å². The summed E-state index contributed by atoms with van der Waals surface area (Å²) >= 11 is 0. The summed E-state index contributed by atoms with van der Waals surface area (Å²) in [4.78, 5) is 3.65. The Morgan fingerprint density at radius 3 is 2.26 bits per heavy atom. The standard InChI is InChI=1S/C22H29FN2O2/c1-16-12-17(2)22(18(3)13-16)27-15-21(26)14-24-8-10-25(11-9-24)20-6-4-19(23)5-7-20/h4-7,12-13,21,26H,8-11,14-15H2,1-3H3/p+1/t21-/m0/s1. The van der Waals surface area contributed by atoms with Crippen LogP contribution in [0.25, 0.3) is 0 Å². The SMILES string of the molecule is Cc1cc(C)c(OC[C@@H](O)C[NH+]2CCN(c3ccc(F)cc3)CC2)c(C)c1. The highest BCUT2D eigenvalue weighted by molar-refractivity contribution is 5.46. The molecule has 2 N–H and O–H groups in total. The highest BCUT2D eigenvalue weighted by Gasteiger charge is 2.23. The molecule has 0 unspecified atom stereocenters. The fraction of sp³-hybridized carbons (Fsp3) is 0.455. The van der Waals surface area contributed by atoms with Gasteiger partial charge in [0.05, 0.1) is 26.2 Å². The van der Waals surface area contributed by atoms with Gasteiger partial charge in [-0.1, -0.05) is 17.7 Å². The van der Waals surface area contributed by atoms with E-state index in [0.717, 1.165) is 48.7 Å². The molecule has 2 aromatic rings. The number of nitrogens with one attached hydrogen (secondary N) is 1. The van der Waals surface area contributed by atoms with Crippen molar-refractivity contribution in [2.24, 2.45) is 0 Å². The van der Waals surface area contributed by atoms with Gasteiger partial charge in [0.2, 0.25) is 0 Å². The lowest BCUT2D eigenvalue weighted by Gasteiger charge is -2.34. The number of rotatable bonds is 6. The molecule has 0 bridgehead atoms. The van der Waals surface area contributed by atoms with E-state index in [9.17, 15) is 9.50 Å². The van der Waals surface area contributed by atoms with E-state index in [-0.39, 0.29) is 5.82 Å². The van der Waals surface area contributed by atoms with Gasteiger partial charge in [0.1, 0.15) is 30.8 Å². The van der Waals surface area contributed by atoms with Crippen molar-refractivity contribution in [1.29, 1.82) is 0 Å². The number of nitrogens with zero attached hydrogens (tertiary/aromatic N) is 1. The number of piperazine rings is 1. The van der Waals surface area contributed by atoms with Crippen LogP contribution in [0.4, 0.5) is 10.1 Å². The summed E-state index contributed by atoms with van der Waals surface area (Å²) in [5.74, 6) is 0.681. The van der Waals surface area contributed by atoms with Crippen LogP contribution in [0.1, 0.15) is 16.7 Å². The van der Waals surface area contributed by atoms with Crippen LogP contribution in [0.3, 0.4) is 0 Å². The first kappa shape index (κ1) is 19.6. The summed E-state index contributed by atoms with van der Waals surface area (Å²) in [6, 6.07) is 10.9. The van der Waals surface area contributed by atoms with Crippen molar-refractivity contribution < 1.29 is 19.1 Å². The Morgan fingerprint density at radius 2 is 1.67 bits per heavy atom. The fourth-order valence-electron chi connectivity index (χ4n) is 3.90. The lowest BCUT2D eigenvalue weighted by molar-refractivity contribution is -0.903. The number of quaternary nitrogens is 1. The van der Waals surface area contributed by atoms with Crippen LogP contribution >= 0.6 is 0 Å².